The topological polar surface area (TPSA) is 78.7 Å². The fraction of sp³-hybridized carbons (Fsp3) is 0.417. The van der Waals surface area contributed by atoms with Gasteiger partial charge in [-0.3, -0.25) is 9.69 Å². The molecule has 4 aromatic heterocycles. The van der Waals surface area contributed by atoms with Gasteiger partial charge in [-0.1, -0.05) is 11.6 Å². The standard InChI is InChI=1S/C24H24ClN7OS/c1-30-10-15-9-14(30)11-31(15)24(33)13-2-3-16-19(8-13)34-23-20(16)22(26-12-27-23)29-17-5-7-32-18(21(17)25)4-6-28-32/h4-7,12-15H,2-3,8-11H2,1H3,(H,26,27,29)/t13-,14-,15-/m0/s1. The van der Waals surface area contributed by atoms with Crippen LogP contribution in [0.4, 0.5) is 11.5 Å². The van der Waals surface area contributed by atoms with Crippen molar-refractivity contribution in [3.05, 3.63) is 46.3 Å². The zero-order chi connectivity index (χ0) is 23.0. The van der Waals surface area contributed by atoms with Crippen molar-refractivity contribution in [1.29, 1.82) is 0 Å². The minimum absolute atomic E-state index is 0.0632. The summed E-state index contributed by atoms with van der Waals surface area (Å²) in [5.74, 6) is 1.17. The summed E-state index contributed by atoms with van der Waals surface area (Å²) in [6.07, 6.45) is 8.86. The van der Waals surface area contributed by atoms with Crippen LogP contribution in [-0.4, -0.2) is 67.5 Å². The molecule has 1 amide bonds. The van der Waals surface area contributed by atoms with Crippen molar-refractivity contribution in [2.24, 2.45) is 5.92 Å². The van der Waals surface area contributed by atoms with E-state index in [2.05, 4.69) is 37.2 Å². The lowest BCUT2D eigenvalue weighted by atomic mass is 9.86. The zero-order valence-corrected chi connectivity index (χ0v) is 20.3. The van der Waals surface area contributed by atoms with Crippen molar-refractivity contribution in [3.8, 4) is 0 Å². The predicted molar refractivity (Wildman–Crippen MR) is 133 cm³/mol. The third-order valence-corrected chi connectivity index (χ3v) is 9.32. The molecule has 0 radical (unpaired) electrons. The summed E-state index contributed by atoms with van der Waals surface area (Å²) >= 11 is 8.34. The van der Waals surface area contributed by atoms with Crippen molar-refractivity contribution >= 4 is 56.1 Å². The number of hydrogen-bond donors (Lipinski definition) is 1. The van der Waals surface area contributed by atoms with Gasteiger partial charge in [0.2, 0.25) is 5.91 Å². The number of nitrogens with one attached hydrogen (secondary N) is 1. The van der Waals surface area contributed by atoms with Gasteiger partial charge < -0.3 is 10.2 Å². The monoisotopic (exact) mass is 493 g/mol. The summed E-state index contributed by atoms with van der Waals surface area (Å²) in [6, 6.07) is 4.72. The molecule has 4 aromatic rings. The highest BCUT2D eigenvalue weighted by molar-refractivity contribution is 7.19. The lowest BCUT2D eigenvalue weighted by molar-refractivity contribution is -0.138. The van der Waals surface area contributed by atoms with Crippen LogP contribution in [-0.2, 0) is 17.6 Å². The Morgan fingerprint density at radius 2 is 2.15 bits per heavy atom. The predicted octanol–water partition coefficient (Wildman–Crippen LogP) is 3.76. The average Bonchev–Trinajstić information content (AvgIpc) is 3.62. The first-order chi connectivity index (χ1) is 16.6. The number of carbonyl (C=O) groups excluding carboxylic acids is 1. The van der Waals surface area contributed by atoms with Gasteiger partial charge in [-0.15, -0.1) is 11.3 Å². The lowest BCUT2D eigenvalue weighted by Crippen LogP contribution is -2.49. The molecule has 0 unspecified atom stereocenters. The SMILES string of the molecule is CN1C[C@@H]2C[C@H]1CN2C(=O)[C@H]1CCc2c(sc3ncnc(Nc4ccn5nccc5c4Cl)c23)C1. The van der Waals surface area contributed by atoms with Gasteiger partial charge in [-0.25, -0.2) is 14.5 Å². The van der Waals surface area contributed by atoms with Gasteiger partial charge in [0.25, 0.3) is 0 Å². The van der Waals surface area contributed by atoms with E-state index in [1.54, 1.807) is 28.4 Å². The van der Waals surface area contributed by atoms with E-state index in [-0.39, 0.29) is 5.92 Å². The summed E-state index contributed by atoms with van der Waals surface area (Å²) in [4.78, 5) is 29.3. The highest BCUT2D eigenvalue weighted by Gasteiger charge is 2.45. The minimum atomic E-state index is 0.0632. The summed E-state index contributed by atoms with van der Waals surface area (Å²) in [5, 5.41) is 9.34. The molecule has 174 valence electrons. The Kier molecular flexibility index (Phi) is 4.62. The Morgan fingerprint density at radius 3 is 2.97 bits per heavy atom. The third-order valence-electron chi connectivity index (χ3n) is 7.76. The van der Waals surface area contributed by atoms with Crippen LogP contribution in [0.25, 0.3) is 15.7 Å². The molecule has 7 rings (SSSR count). The van der Waals surface area contributed by atoms with E-state index >= 15 is 0 Å². The molecule has 3 aliphatic rings. The highest BCUT2D eigenvalue weighted by atomic mass is 35.5. The van der Waals surface area contributed by atoms with Gasteiger partial charge in [0.1, 0.15) is 17.0 Å². The number of aromatic nitrogens is 4. The first kappa shape index (κ1) is 20.6. The smallest absolute Gasteiger partial charge is 0.226 e. The van der Waals surface area contributed by atoms with E-state index in [9.17, 15) is 4.79 Å². The molecule has 3 atom stereocenters. The number of pyridine rings is 1. The Balaban J connectivity index is 1.18. The third kappa shape index (κ3) is 3.07. The fourth-order valence-corrected chi connectivity index (χ4v) is 7.50. The Labute approximate surface area is 205 Å². The van der Waals surface area contributed by atoms with E-state index < -0.39 is 0 Å². The van der Waals surface area contributed by atoms with Gasteiger partial charge in [0.15, 0.2) is 0 Å². The Hall–Kier alpha value is -2.75. The molecule has 34 heavy (non-hydrogen) atoms. The van der Waals surface area contributed by atoms with Crippen molar-refractivity contribution in [1.82, 2.24) is 29.4 Å². The van der Waals surface area contributed by atoms with Crippen LogP contribution < -0.4 is 5.32 Å². The summed E-state index contributed by atoms with van der Waals surface area (Å²) in [7, 11) is 2.17. The second kappa shape index (κ2) is 7.63. The van der Waals surface area contributed by atoms with E-state index in [4.69, 9.17) is 11.6 Å². The van der Waals surface area contributed by atoms with Crippen LogP contribution in [0.1, 0.15) is 23.3 Å². The number of nitrogens with zero attached hydrogens (tertiary/aromatic N) is 6. The minimum Gasteiger partial charge on any atom is -0.338 e. The maximum Gasteiger partial charge on any atom is 0.226 e. The van der Waals surface area contributed by atoms with Crippen LogP contribution in [0.5, 0.6) is 0 Å². The molecule has 2 aliphatic heterocycles. The van der Waals surface area contributed by atoms with Crippen molar-refractivity contribution in [2.45, 2.75) is 37.8 Å². The molecule has 0 aromatic carbocycles. The number of piperazine rings is 1. The molecular formula is C24H24ClN7OS. The number of fused-ring (bicyclic) bond motifs is 6. The van der Waals surface area contributed by atoms with E-state index in [0.29, 0.717) is 23.0 Å². The van der Waals surface area contributed by atoms with Crippen LogP contribution in [0.15, 0.2) is 30.9 Å². The largest absolute Gasteiger partial charge is 0.338 e. The fourth-order valence-electron chi connectivity index (χ4n) is 5.97. The molecule has 8 nitrogen and oxygen atoms in total. The number of anilines is 2. The molecule has 6 heterocycles. The zero-order valence-electron chi connectivity index (χ0n) is 18.7. The molecule has 1 N–H and O–H groups in total. The van der Waals surface area contributed by atoms with Gasteiger partial charge in [-0.05, 0) is 50.4 Å². The Bertz CT molecular complexity index is 1450. The van der Waals surface area contributed by atoms with Crippen LogP contribution >= 0.6 is 22.9 Å². The number of halogens is 1. The molecule has 10 heteroatoms. The van der Waals surface area contributed by atoms with E-state index in [1.807, 2.05) is 18.3 Å². The van der Waals surface area contributed by atoms with Gasteiger partial charge in [0, 0.05) is 42.2 Å². The van der Waals surface area contributed by atoms with Gasteiger partial charge in [0.05, 0.1) is 27.8 Å². The van der Waals surface area contributed by atoms with Crippen molar-refractivity contribution in [3.63, 3.8) is 0 Å². The van der Waals surface area contributed by atoms with Gasteiger partial charge in [-0.2, -0.15) is 5.10 Å². The number of rotatable bonds is 3. The maximum absolute atomic E-state index is 13.4. The summed E-state index contributed by atoms with van der Waals surface area (Å²) in [6.45, 7) is 1.90. The van der Waals surface area contributed by atoms with Gasteiger partial charge >= 0.3 is 0 Å². The quantitative estimate of drug-likeness (QED) is 0.468. The molecule has 2 fully saturated rings. The molecule has 0 spiro atoms. The number of carbonyl (C=O) groups is 1. The molecule has 2 bridgehead atoms. The van der Waals surface area contributed by atoms with Crippen LogP contribution in [0, 0.1) is 5.92 Å². The summed E-state index contributed by atoms with van der Waals surface area (Å²) in [5.41, 5.74) is 2.90. The van der Waals surface area contributed by atoms with Crippen LogP contribution in [0.3, 0.4) is 0 Å². The molecule has 0 saturated carbocycles. The first-order valence-electron chi connectivity index (χ1n) is 11.7. The first-order valence-corrected chi connectivity index (χ1v) is 12.9. The Morgan fingerprint density at radius 1 is 1.24 bits per heavy atom. The second-order valence-corrected chi connectivity index (χ2v) is 11.1. The van der Waals surface area contributed by atoms with E-state index in [1.165, 1.54) is 10.4 Å². The van der Waals surface area contributed by atoms with E-state index in [0.717, 1.165) is 66.0 Å². The van der Waals surface area contributed by atoms with Crippen molar-refractivity contribution < 1.29 is 4.79 Å². The molecule has 1 aliphatic carbocycles. The lowest BCUT2D eigenvalue weighted by Gasteiger charge is -2.35. The average molecular weight is 494 g/mol. The number of amides is 1. The maximum atomic E-state index is 13.4. The number of likely N-dealkylation sites (tertiary alicyclic amines) is 2. The number of thiophene rings is 1. The number of aryl methyl sites for hydroxylation is 1. The highest BCUT2D eigenvalue weighted by Crippen LogP contribution is 2.42. The number of likely N-dealkylation sites (N-methyl/N-ethyl adjacent to an activating group) is 1. The molecular weight excluding hydrogens is 470 g/mol. The normalized spacial score (nSPS) is 24.3. The summed E-state index contributed by atoms with van der Waals surface area (Å²) < 4.78 is 1.75. The number of hydrogen-bond acceptors (Lipinski definition) is 7. The molecule has 2 saturated heterocycles. The van der Waals surface area contributed by atoms with Crippen LogP contribution in [0.2, 0.25) is 5.02 Å². The second-order valence-electron chi connectivity index (χ2n) is 9.65. The van der Waals surface area contributed by atoms with Crippen molar-refractivity contribution in [2.75, 3.05) is 25.5 Å².